The summed E-state index contributed by atoms with van der Waals surface area (Å²) >= 11 is 0. The number of hydrogen-bond acceptors (Lipinski definition) is 2. The van der Waals surface area contributed by atoms with Crippen molar-refractivity contribution in [3.63, 3.8) is 0 Å². The molecule has 1 atom stereocenters. The van der Waals surface area contributed by atoms with Crippen LogP contribution in [-0.2, 0) is 4.79 Å². The van der Waals surface area contributed by atoms with Crippen LogP contribution in [0.4, 0.5) is 11.4 Å². The van der Waals surface area contributed by atoms with Crippen LogP contribution in [0.1, 0.15) is 38.5 Å². The van der Waals surface area contributed by atoms with Gasteiger partial charge in [-0.15, -0.1) is 0 Å². The summed E-state index contributed by atoms with van der Waals surface area (Å²) in [7, 11) is 2.16. The van der Waals surface area contributed by atoms with Gasteiger partial charge in [-0.05, 0) is 43.1 Å². The highest BCUT2D eigenvalue weighted by atomic mass is 16.1. The van der Waals surface area contributed by atoms with Crippen LogP contribution in [0.5, 0.6) is 0 Å². The summed E-state index contributed by atoms with van der Waals surface area (Å²) < 4.78 is 0.608. The van der Waals surface area contributed by atoms with Crippen LogP contribution in [0.2, 0.25) is 0 Å². The summed E-state index contributed by atoms with van der Waals surface area (Å²) in [6, 6.07) is 8.65. The Hall–Kier alpha value is -1.35. The van der Waals surface area contributed by atoms with Gasteiger partial charge in [-0.1, -0.05) is 12.1 Å². The van der Waals surface area contributed by atoms with E-state index in [1.165, 1.54) is 56.3 Å². The molecule has 0 saturated heterocycles. The highest BCUT2D eigenvalue weighted by molar-refractivity contribution is 5.83. The quantitative estimate of drug-likeness (QED) is 0.615. The SMILES string of the molecule is CN1CC[N+](C=O)(C23CC4CC(CC(C4)C2)C3)c2ccccc21. The molecule has 4 bridgehead atoms. The molecular formula is C20H27N2O+. The van der Waals surface area contributed by atoms with E-state index in [4.69, 9.17) is 0 Å². The molecule has 3 nitrogen and oxygen atoms in total. The van der Waals surface area contributed by atoms with Gasteiger partial charge < -0.3 is 4.90 Å². The van der Waals surface area contributed by atoms with Gasteiger partial charge in [0, 0.05) is 32.4 Å². The largest absolute Gasteiger partial charge is 0.364 e. The van der Waals surface area contributed by atoms with Crippen molar-refractivity contribution in [3.05, 3.63) is 24.3 Å². The summed E-state index contributed by atoms with van der Waals surface area (Å²) in [4.78, 5) is 14.9. The minimum Gasteiger partial charge on any atom is -0.364 e. The number of fused-ring (bicyclic) bond motifs is 1. The van der Waals surface area contributed by atoms with E-state index in [9.17, 15) is 4.79 Å². The zero-order valence-corrected chi connectivity index (χ0v) is 14.1. The molecule has 1 heterocycles. The lowest BCUT2D eigenvalue weighted by Crippen LogP contribution is -2.73. The number of carbonyl (C=O) groups is 1. The third-order valence-corrected chi connectivity index (χ3v) is 7.54. The minimum atomic E-state index is 0.188. The van der Waals surface area contributed by atoms with Crippen LogP contribution in [0, 0.1) is 17.8 Å². The van der Waals surface area contributed by atoms with Gasteiger partial charge in [0.05, 0.1) is 12.2 Å². The van der Waals surface area contributed by atoms with Gasteiger partial charge in [0.2, 0.25) is 0 Å². The number of hydrogen-bond donors (Lipinski definition) is 0. The van der Waals surface area contributed by atoms with Gasteiger partial charge in [-0.3, -0.25) is 0 Å². The van der Waals surface area contributed by atoms with E-state index in [0.29, 0.717) is 4.48 Å². The van der Waals surface area contributed by atoms with E-state index >= 15 is 0 Å². The van der Waals surface area contributed by atoms with Gasteiger partial charge >= 0.3 is 6.41 Å². The maximum atomic E-state index is 12.6. The summed E-state index contributed by atoms with van der Waals surface area (Å²) in [6.45, 7) is 1.93. The zero-order valence-electron chi connectivity index (χ0n) is 14.1. The molecule has 23 heavy (non-hydrogen) atoms. The van der Waals surface area contributed by atoms with Crippen LogP contribution in [-0.4, -0.2) is 32.1 Å². The number of anilines is 1. The maximum absolute atomic E-state index is 12.6. The Morgan fingerprint density at radius 2 is 1.70 bits per heavy atom. The lowest BCUT2D eigenvalue weighted by Gasteiger charge is -2.62. The summed E-state index contributed by atoms with van der Waals surface area (Å²) in [5.74, 6) is 2.63. The van der Waals surface area contributed by atoms with Crippen molar-refractivity contribution in [3.8, 4) is 0 Å². The molecule has 1 unspecified atom stereocenters. The molecule has 3 heteroatoms. The normalized spacial score (nSPS) is 44.2. The van der Waals surface area contributed by atoms with E-state index in [-0.39, 0.29) is 5.54 Å². The Kier molecular flexibility index (Phi) is 2.80. The Balaban J connectivity index is 1.68. The van der Waals surface area contributed by atoms with Crippen molar-refractivity contribution < 1.29 is 4.79 Å². The Labute approximate surface area is 138 Å². The van der Waals surface area contributed by atoms with Crippen molar-refractivity contribution in [1.82, 2.24) is 4.48 Å². The molecule has 0 spiro atoms. The first-order valence-corrected chi connectivity index (χ1v) is 9.31. The van der Waals surface area contributed by atoms with Gasteiger partial charge in [-0.25, -0.2) is 9.28 Å². The third-order valence-electron chi connectivity index (χ3n) is 7.54. The Morgan fingerprint density at radius 3 is 2.30 bits per heavy atom. The van der Waals surface area contributed by atoms with Crippen LogP contribution in [0.15, 0.2) is 24.3 Å². The van der Waals surface area contributed by atoms with Gasteiger partial charge in [0.25, 0.3) is 0 Å². The molecule has 4 aliphatic carbocycles. The number of nitrogens with zero attached hydrogens (tertiary/aromatic N) is 2. The van der Waals surface area contributed by atoms with Crippen molar-refractivity contribution in [1.29, 1.82) is 0 Å². The summed E-state index contributed by atoms with van der Waals surface area (Å²) in [5, 5.41) is 0. The number of amides is 1. The number of benzene rings is 1. The first kappa shape index (κ1) is 14.0. The molecule has 0 radical (unpaired) electrons. The van der Waals surface area contributed by atoms with E-state index in [1.54, 1.807) is 0 Å². The topological polar surface area (TPSA) is 20.3 Å². The van der Waals surface area contributed by atoms with Crippen molar-refractivity contribution >= 4 is 17.8 Å². The minimum absolute atomic E-state index is 0.188. The molecule has 1 aliphatic heterocycles. The van der Waals surface area contributed by atoms with Crippen LogP contribution < -0.4 is 9.38 Å². The fourth-order valence-electron chi connectivity index (χ4n) is 6.94. The van der Waals surface area contributed by atoms with E-state index in [1.807, 2.05) is 0 Å². The van der Waals surface area contributed by atoms with E-state index in [2.05, 4.69) is 36.2 Å². The molecule has 5 aliphatic rings. The van der Waals surface area contributed by atoms with Crippen LogP contribution in [0.25, 0.3) is 0 Å². The second-order valence-corrected chi connectivity index (χ2v) is 8.75. The number of rotatable bonds is 2. The molecule has 122 valence electrons. The molecule has 6 rings (SSSR count). The molecule has 0 aromatic heterocycles. The zero-order chi connectivity index (χ0) is 15.7. The highest BCUT2D eigenvalue weighted by Crippen LogP contribution is 2.61. The number of para-hydroxylation sites is 2. The van der Waals surface area contributed by atoms with E-state index < -0.39 is 0 Å². The lowest BCUT2D eigenvalue weighted by molar-refractivity contribution is -0.135. The molecule has 1 amide bonds. The predicted octanol–water partition coefficient (Wildman–Crippen LogP) is 3.57. The first-order valence-electron chi connectivity index (χ1n) is 9.31. The second kappa shape index (κ2) is 4.60. The van der Waals surface area contributed by atoms with Crippen LogP contribution in [0.3, 0.4) is 0 Å². The second-order valence-electron chi connectivity index (χ2n) is 8.75. The fourth-order valence-corrected chi connectivity index (χ4v) is 6.94. The predicted molar refractivity (Wildman–Crippen MR) is 93.3 cm³/mol. The Bertz CT molecular complexity index is 620. The third kappa shape index (κ3) is 1.72. The molecule has 4 fully saturated rings. The van der Waals surface area contributed by atoms with Crippen molar-refractivity contribution in [2.24, 2.45) is 17.8 Å². The molecule has 4 saturated carbocycles. The molecule has 0 N–H and O–H groups in total. The average molecular weight is 311 g/mol. The van der Waals surface area contributed by atoms with Gasteiger partial charge in [-0.2, -0.15) is 0 Å². The molecule has 1 aromatic rings. The Morgan fingerprint density at radius 1 is 1.09 bits per heavy atom. The standard InChI is InChI=1S/C20H27N2O/c1-21-6-7-22(14-23,19-5-3-2-4-18(19)21)20-11-15-8-16(12-20)10-17(9-15)13-20/h2-5,14-17H,6-13H2,1H3/q+1. The first-order chi connectivity index (χ1) is 11.2. The number of quaternary nitrogens is 1. The summed E-state index contributed by atoms with van der Waals surface area (Å²) in [6.07, 6.45) is 9.43. The summed E-state index contributed by atoms with van der Waals surface area (Å²) in [5.41, 5.74) is 2.72. The number of carbonyl (C=O) groups excluding carboxylic acids is 1. The monoisotopic (exact) mass is 311 g/mol. The van der Waals surface area contributed by atoms with E-state index in [0.717, 1.165) is 30.8 Å². The average Bonchev–Trinajstić information content (AvgIpc) is 2.54. The number of likely N-dealkylation sites (N-methyl/N-ethyl adjacent to an activating group) is 1. The van der Waals surface area contributed by atoms with Gasteiger partial charge in [0.1, 0.15) is 12.1 Å². The molecule has 1 aromatic carbocycles. The van der Waals surface area contributed by atoms with Gasteiger partial charge in [0.15, 0.2) is 5.69 Å². The lowest BCUT2D eigenvalue weighted by atomic mass is 9.51. The maximum Gasteiger partial charge on any atom is 0.307 e. The smallest absolute Gasteiger partial charge is 0.307 e. The fraction of sp³-hybridized carbons (Fsp3) is 0.650. The van der Waals surface area contributed by atoms with Crippen LogP contribution >= 0.6 is 0 Å². The highest BCUT2D eigenvalue weighted by Gasteiger charge is 2.63. The van der Waals surface area contributed by atoms with Crippen molar-refractivity contribution in [2.45, 2.75) is 44.1 Å². The van der Waals surface area contributed by atoms with Crippen molar-refractivity contribution in [2.75, 3.05) is 25.0 Å². The molecular weight excluding hydrogens is 284 g/mol.